The summed E-state index contributed by atoms with van der Waals surface area (Å²) in [4.78, 5) is 38.2. The van der Waals surface area contributed by atoms with Gasteiger partial charge in [-0.1, -0.05) is 12.1 Å². The van der Waals surface area contributed by atoms with Gasteiger partial charge in [-0.05, 0) is 139 Å². The van der Waals surface area contributed by atoms with Gasteiger partial charge in [0.15, 0.2) is 0 Å². The largest absolute Gasteiger partial charge is 0.491 e. The van der Waals surface area contributed by atoms with Crippen molar-refractivity contribution in [3.05, 3.63) is 151 Å². The maximum absolute atomic E-state index is 11.0. The van der Waals surface area contributed by atoms with Crippen LogP contribution in [0.2, 0.25) is 0 Å². The number of nitrogens with zero attached hydrogens (tertiary/aromatic N) is 6. The molecule has 4 unspecified atom stereocenters. The predicted molar refractivity (Wildman–Crippen MR) is 294 cm³/mol. The lowest BCUT2D eigenvalue weighted by Crippen LogP contribution is -2.29. The molecule has 4 saturated heterocycles. The highest BCUT2D eigenvalue weighted by atomic mass is 16.6. The summed E-state index contributed by atoms with van der Waals surface area (Å²) >= 11 is 0. The maximum Gasteiger partial charge on any atom is 0.488 e. The number of anilines is 12. The van der Waals surface area contributed by atoms with Crippen LogP contribution in [0.5, 0.6) is 23.0 Å². The molecule has 24 heteroatoms. The van der Waals surface area contributed by atoms with Crippen LogP contribution in [-0.4, -0.2) is 131 Å². The molecule has 4 fully saturated rings. The van der Waals surface area contributed by atoms with Crippen molar-refractivity contribution in [2.75, 3.05) is 84.8 Å². The molecule has 4 aliphatic rings. The van der Waals surface area contributed by atoms with Crippen molar-refractivity contribution in [3.8, 4) is 23.0 Å². The first-order valence-electron chi connectivity index (χ1n) is 25.3. The molecule has 79 heavy (non-hydrogen) atoms. The van der Waals surface area contributed by atoms with E-state index in [2.05, 4.69) is 61.8 Å². The second kappa shape index (κ2) is 24.9. The monoisotopic (exact) mass is 1070 g/mol. The van der Waals surface area contributed by atoms with Gasteiger partial charge in [-0.15, -0.1) is 0 Å². The molecule has 6 heterocycles. The van der Waals surface area contributed by atoms with Crippen LogP contribution >= 0.6 is 0 Å². The number of ether oxygens (including phenoxy) is 8. The Balaban J connectivity index is 0.000000167. The van der Waals surface area contributed by atoms with E-state index < -0.39 is 7.12 Å². The fourth-order valence-corrected chi connectivity index (χ4v) is 7.20. The van der Waals surface area contributed by atoms with Gasteiger partial charge in [-0.2, -0.15) is 29.9 Å². The second-order valence-corrected chi connectivity index (χ2v) is 18.3. The van der Waals surface area contributed by atoms with Crippen molar-refractivity contribution >= 4 is 88.7 Å². The Morgan fingerprint density at radius 3 is 0.797 bits per heavy atom. The molecule has 0 amide bonds. The Kier molecular flexibility index (Phi) is 16.3. The molecule has 2 aromatic heterocycles. The van der Waals surface area contributed by atoms with Crippen LogP contribution in [0, 0.1) is 0 Å². The van der Waals surface area contributed by atoms with E-state index in [0.29, 0.717) is 72.9 Å². The van der Waals surface area contributed by atoms with Gasteiger partial charge in [-0.25, -0.2) is 0 Å². The van der Waals surface area contributed by atoms with Gasteiger partial charge in [0.25, 0.3) is 0 Å². The van der Waals surface area contributed by atoms with Gasteiger partial charge < -0.3 is 79.8 Å². The third-order valence-corrected chi connectivity index (χ3v) is 11.8. The van der Waals surface area contributed by atoms with E-state index in [1.54, 1.807) is 48.5 Å². The zero-order valence-electron chi connectivity index (χ0n) is 42.2. The van der Waals surface area contributed by atoms with Crippen molar-refractivity contribution in [1.82, 2.24) is 29.9 Å². The van der Waals surface area contributed by atoms with Crippen molar-refractivity contribution in [1.29, 1.82) is 0 Å². The SMILES string of the molecule is O=Cc1ccc(Nc2nc(Nc3ccc(OCC4CO4)cc3)nc(Nc3ccc(OCC4CO4)cc3)n2)cc1.OB(O)c1ccc(Nc2nc(Nc3ccc(OCC4CO4)cc3)nc(Nc3ccc(OCC4CO4)cc3)n2)cc1. The number of nitrogens with one attached hydrogen (secondary N) is 6. The molecular weight excluding hydrogens is 1020 g/mol. The first-order valence-corrected chi connectivity index (χ1v) is 25.3. The first-order chi connectivity index (χ1) is 38.7. The van der Waals surface area contributed by atoms with Crippen LogP contribution < -0.4 is 56.3 Å². The van der Waals surface area contributed by atoms with Crippen LogP contribution in [0.15, 0.2) is 146 Å². The lowest BCUT2D eigenvalue weighted by Gasteiger charge is -2.12. The molecule has 0 radical (unpaired) electrons. The normalized spacial score (nSPS) is 17.1. The molecule has 0 saturated carbocycles. The number of benzene rings is 6. The molecule has 0 bridgehead atoms. The minimum absolute atomic E-state index is 0.186. The minimum Gasteiger partial charge on any atom is -0.491 e. The highest BCUT2D eigenvalue weighted by Crippen LogP contribution is 2.28. The molecule has 0 aliphatic carbocycles. The highest BCUT2D eigenvalue weighted by molar-refractivity contribution is 6.58. The molecule has 8 aromatic rings. The minimum atomic E-state index is -1.55. The molecule has 12 rings (SSSR count). The third kappa shape index (κ3) is 16.4. The van der Waals surface area contributed by atoms with Gasteiger partial charge in [0.05, 0.1) is 26.4 Å². The van der Waals surface area contributed by atoms with Crippen molar-refractivity contribution in [2.24, 2.45) is 0 Å². The lowest BCUT2D eigenvalue weighted by atomic mass is 9.80. The molecule has 6 aromatic carbocycles. The van der Waals surface area contributed by atoms with Crippen molar-refractivity contribution in [3.63, 3.8) is 0 Å². The summed E-state index contributed by atoms with van der Waals surface area (Å²) in [6.07, 6.45) is 1.56. The summed E-state index contributed by atoms with van der Waals surface area (Å²) in [5, 5.41) is 37.9. The number of carbonyl (C=O) groups is 1. The summed E-state index contributed by atoms with van der Waals surface area (Å²) in [5.74, 6) is 4.91. The van der Waals surface area contributed by atoms with Crippen LogP contribution in [0.3, 0.4) is 0 Å². The van der Waals surface area contributed by atoms with E-state index in [1.807, 2.05) is 97.1 Å². The van der Waals surface area contributed by atoms with E-state index >= 15 is 0 Å². The topological polar surface area (TPSA) is 294 Å². The van der Waals surface area contributed by atoms with E-state index in [9.17, 15) is 14.8 Å². The lowest BCUT2D eigenvalue weighted by molar-refractivity contribution is 0.112. The Bertz CT molecular complexity index is 3110. The first kappa shape index (κ1) is 51.9. The Labute approximate surface area is 453 Å². The molecule has 0 spiro atoms. The number of epoxide rings is 4. The van der Waals surface area contributed by atoms with Gasteiger partial charge in [0, 0.05) is 39.7 Å². The zero-order valence-corrected chi connectivity index (χ0v) is 42.2. The van der Waals surface area contributed by atoms with Gasteiger partial charge in [0.1, 0.15) is 80.1 Å². The summed E-state index contributed by atoms with van der Waals surface area (Å²) < 4.78 is 43.6. The number of carbonyl (C=O) groups excluding carboxylic acids is 1. The molecule has 8 N–H and O–H groups in total. The Morgan fingerprint density at radius 2 is 0.595 bits per heavy atom. The third-order valence-electron chi connectivity index (χ3n) is 11.8. The zero-order chi connectivity index (χ0) is 53.8. The van der Waals surface area contributed by atoms with E-state index in [0.717, 1.165) is 84.1 Å². The van der Waals surface area contributed by atoms with Gasteiger partial charge in [-0.3, -0.25) is 4.79 Å². The summed E-state index contributed by atoms with van der Waals surface area (Å²) in [7, 11) is -1.55. The standard InChI is InChI=1S/C28H26N6O5.C27H27BN6O6/c35-13-18-1-3-19(4-2-18)29-26-32-27(30-20-5-9-22(10-6-20)36-14-24-16-38-24)34-28(33-26)31-21-7-11-23(12-8-21)37-15-25-17-39-25;35-28(36)17-1-3-18(4-2-17)29-25-32-26(30-19-5-9-21(10-6-19)37-13-23-15-39-23)34-27(33-25)31-20-7-11-22(12-8-20)38-14-24-16-40-24/h1-13,24-25H,14-17H2,(H3,29,30,31,32,33,34);1-12,23-24,35-36H,13-16H2,(H3,29,30,31,32,33,34). The average Bonchev–Trinajstić information content (AvgIpc) is 4.24. The van der Waals surface area contributed by atoms with Gasteiger partial charge in [0.2, 0.25) is 35.7 Å². The number of rotatable bonds is 26. The molecule has 402 valence electrons. The fraction of sp³-hybridized carbons (Fsp3) is 0.218. The number of aromatic nitrogens is 6. The smallest absolute Gasteiger partial charge is 0.488 e. The van der Waals surface area contributed by atoms with E-state index in [-0.39, 0.29) is 30.4 Å². The number of hydrogen-bond donors (Lipinski definition) is 8. The quantitative estimate of drug-likeness (QED) is 0.0157. The fourth-order valence-electron chi connectivity index (χ4n) is 7.20. The van der Waals surface area contributed by atoms with Crippen molar-refractivity contribution in [2.45, 2.75) is 24.4 Å². The summed E-state index contributed by atoms with van der Waals surface area (Å²) in [6, 6.07) is 43.6. The molecular formula is C55H53BN12O11. The summed E-state index contributed by atoms with van der Waals surface area (Å²) in [6.45, 7) is 5.14. The second-order valence-electron chi connectivity index (χ2n) is 18.3. The highest BCUT2D eigenvalue weighted by Gasteiger charge is 2.25. The van der Waals surface area contributed by atoms with Crippen LogP contribution in [-0.2, 0) is 18.9 Å². The predicted octanol–water partition coefficient (Wildman–Crippen LogP) is 6.81. The van der Waals surface area contributed by atoms with Crippen LogP contribution in [0.4, 0.5) is 69.8 Å². The molecule has 4 atom stereocenters. The summed E-state index contributed by atoms with van der Waals surface area (Å²) in [5.41, 5.74) is 5.44. The molecule has 23 nitrogen and oxygen atoms in total. The Morgan fingerprint density at radius 1 is 0.380 bits per heavy atom. The maximum atomic E-state index is 11.0. The van der Waals surface area contributed by atoms with Crippen LogP contribution in [0.1, 0.15) is 10.4 Å². The van der Waals surface area contributed by atoms with Crippen LogP contribution in [0.25, 0.3) is 0 Å². The van der Waals surface area contributed by atoms with E-state index in [1.165, 1.54) is 0 Å². The van der Waals surface area contributed by atoms with Gasteiger partial charge >= 0.3 is 7.12 Å². The number of aldehydes is 1. The van der Waals surface area contributed by atoms with E-state index in [4.69, 9.17) is 37.9 Å². The van der Waals surface area contributed by atoms with Crippen molar-refractivity contribution < 1.29 is 52.7 Å². The number of hydrogen-bond acceptors (Lipinski definition) is 23. The molecule has 4 aliphatic heterocycles. The Hall–Kier alpha value is -9.17. The average molecular weight is 1070 g/mol.